The van der Waals surface area contributed by atoms with Crippen LogP contribution in [-0.4, -0.2) is 21.0 Å². The molecule has 7 heteroatoms. The zero-order chi connectivity index (χ0) is 19.7. The number of carbonyl (C=O) groups is 1. The number of fused-ring (bicyclic) bond motifs is 1. The lowest BCUT2D eigenvalue weighted by molar-refractivity contribution is -0.116. The van der Waals surface area contributed by atoms with E-state index in [1.807, 2.05) is 51.1 Å². The molecule has 4 rings (SSSR count). The van der Waals surface area contributed by atoms with Crippen molar-refractivity contribution in [1.82, 2.24) is 15.1 Å². The smallest absolute Gasteiger partial charge is 0.224 e. The molecule has 0 fully saturated rings. The summed E-state index contributed by atoms with van der Waals surface area (Å²) in [7, 11) is 0. The molecule has 0 saturated heterocycles. The summed E-state index contributed by atoms with van der Waals surface area (Å²) in [6.07, 6.45) is 2.75. The van der Waals surface area contributed by atoms with E-state index >= 15 is 0 Å². The van der Waals surface area contributed by atoms with E-state index in [0.717, 1.165) is 49.2 Å². The SMILES string of the molecule is Cc1ccc(-c2nc3cccnc3s2)cc1NC(=O)CCc1c(C)noc1C. The second-order valence-corrected chi connectivity index (χ2v) is 7.70. The first-order chi connectivity index (χ1) is 13.5. The van der Waals surface area contributed by atoms with Crippen LogP contribution in [0.15, 0.2) is 41.1 Å². The highest BCUT2D eigenvalue weighted by molar-refractivity contribution is 7.21. The van der Waals surface area contributed by atoms with Crippen LogP contribution in [0.5, 0.6) is 0 Å². The summed E-state index contributed by atoms with van der Waals surface area (Å²) in [6.45, 7) is 5.74. The van der Waals surface area contributed by atoms with Crippen molar-refractivity contribution in [2.45, 2.75) is 33.6 Å². The Labute approximate surface area is 166 Å². The van der Waals surface area contributed by atoms with Gasteiger partial charge in [-0.25, -0.2) is 9.97 Å². The molecule has 0 aliphatic heterocycles. The standard InChI is InChI=1S/C21H20N4O2S/c1-12-6-7-15(20-24-17-5-4-10-22-21(17)28-20)11-18(12)23-19(26)9-8-16-13(2)25-27-14(16)3/h4-7,10-11H,8-9H2,1-3H3,(H,23,26). The van der Waals surface area contributed by atoms with Gasteiger partial charge in [-0.15, -0.1) is 0 Å². The number of anilines is 1. The number of hydrogen-bond acceptors (Lipinski definition) is 6. The number of nitrogens with one attached hydrogen (secondary N) is 1. The lowest BCUT2D eigenvalue weighted by Crippen LogP contribution is -2.13. The second-order valence-electron chi connectivity index (χ2n) is 6.73. The van der Waals surface area contributed by atoms with Crippen LogP contribution < -0.4 is 5.32 Å². The molecule has 142 valence electrons. The Morgan fingerprint density at radius 2 is 2.07 bits per heavy atom. The van der Waals surface area contributed by atoms with Crippen LogP contribution in [0, 0.1) is 20.8 Å². The molecule has 28 heavy (non-hydrogen) atoms. The largest absolute Gasteiger partial charge is 0.361 e. The van der Waals surface area contributed by atoms with E-state index in [0.29, 0.717) is 12.8 Å². The molecule has 0 aliphatic rings. The second kappa shape index (κ2) is 7.52. The third-order valence-electron chi connectivity index (χ3n) is 4.71. The molecule has 6 nitrogen and oxygen atoms in total. The molecule has 0 saturated carbocycles. The topological polar surface area (TPSA) is 80.9 Å². The first-order valence-corrected chi connectivity index (χ1v) is 9.87. The fourth-order valence-electron chi connectivity index (χ4n) is 3.09. The monoisotopic (exact) mass is 392 g/mol. The summed E-state index contributed by atoms with van der Waals surface area (Å²) in [6, 6.07) is 9.83. The Bertz CT molecular complexity index is 1110. The summed E-state index contributed by atoms with van der Waals surface area (Å²) in [5.74, 6) is 0.735. The highest BCUT2D eigenvalue weighted by Gasteiger charge is 2.13. The van der Waals surface area contributed by atoms with Crippen LogP contribution in [0.25, 0.3) is 20.9 Å². The Morgan fingerprint density at radius 1 is 1.21 bits per heavy atom. The van der Waals surface area contributed by atoms with Crippen molar-refractivity contribution < 1.29 is 9.32 Å². The summed E-state index contributed by atoms with van der Waals surface area (Å²) < 4.78 is 5.16. The van der Waals surface area contributed by atoms with Gasteiger partial charge in [0.2, 0.25) is 5.91 Å². The molecule has 3 aromatic heterocycles. The number of nitrogens with zero attached hydrogens (tertiary/aromatic N) is 3. The molecule has 0 unspecified atom stereocenters. The number of thiazole rings is 1. The molecule has 1 amide bonds. The third kappa shape index (κ3) is 3.66. The normalized spacial score (nSPS) is 11.1. The van der Waals surface area contributed by atoms with Gasteiger partial charge in [-0.1, -0.05) is 28.6 Å². The van der Waals surface area contributed by atoms with Crippen LogP contribution in [-0.2, 0) is 11.2 Å². The number of hydrogen-bond donors (Lipinski definition) is 1. The van der Waals surface area contributed by atoms with Crippen molar-refractivity contribution in [1.29, 1.82) is 0 Å². The summed E-state index contributed by atoms with van der Waals surface area (Å²) in [4.78, 5) is 22.4. The van der Waals surface area contributed by atoms with Gasteiger partial charge < -0.3 is 9.84 Å². The summed E-state index contributed by atoms with van der Waals surface area (Å²) in [5.41, 5.74) is 5.50. The molecule has 3 heterocycles. The Balaban J connectivity index is 1.51. The quantitative estimate of drug-likeness (QED) is 0.525. The lowest BCUT2D eigenvalue weighted by atomic mass is 10.1. The molecule has 0 spiro atoms. The molecule has 4 aromatic rings. The maximum atomic E-state index is 12.5. The summed E-state index contributed by atoms with van der Waals surface area (Å²) in [5, 5.41) is 7.85. The van der Waals surface area contributed by atoms with E-state index in [4.69, 9.17) is 4.52 Å². The van der Waals surface area contributed by atoms with Gasteiger partial charge in [-0.3, -0.25) is 4.79 Å². The van der Waals surface area contributed by atoms with Crippen molar-refractivity contribution in [3.8, 4) is 10.6 Å². The molecule has 0 radical (unpaired) electrons. The average molecular weight is 392 g/mol. The van der Waals surface area contributed by atoms with Gasteiger partial charge in [0.05, 0.1) is 5.69 Å². The molecule has 1 aromatic carbocycles. The van der Waals surface area contributed by atoms with E-state index < -0.39 is 0 Å². The first kappa shape index (κ1) is 18.3. The minimum Gasteiger partial charge on any atom is -0.361 e. The predicted octanol–water partition coefficient (Wildman–Crippen LogP) is 4.84. The minimum absolute atomic E-state index is 0.0359. The minimum atomic E-state index is -0.0359. The number of aromatic nitrogens is 3. The predicted molar refractivity (Wildman–Crippen MR) is 111 cm³/mol. The molecule has 0 aliphatic carbocycles. The molecule has 0 atom stereocenters. The average Bonchev–Trinajstić information content (AvgIpc) is 3.25. The molecule has 0 bridgehead atoms. The van der Waals surface area contributed by atoms with Crippen LogP contribution in [0.1, 0.15) is 29.0 Å². The number of benzene rings is 1. The Morgan fingerprint density at radius 3 is 2.82 bits per heavy atom. The van der Waals surface area contributed by atoms with E-state index in [1.54, 1.807) is 17.5 Å². The molecular weight excluding hydrogens is 372 g/mol. The lowest BCUT2D eigenvalue weighted by Gasteiger charge is -2.10. The number of aryl methyl sites for hydroxylation is 3. The van der Waals surface area contributed by atoms with Crippen LogP contribution in [0.3, 0.4) is 0 Å². The van der Waals surface area contributed by atoms with Crippen molar-refractivity contribution in [3.63, 3.8) is 0 Å². The maximum absolute atomic E-state index is 12.5. The van der Waals surface area contributed by atoms with Crippen LogP contribution >= 0.6 is 11.3 Å². The Kier molecular flexibility index (Phi) is 4.92. The maximum Gasteiger partial charge on any atom is 0.224 e. The highest BCUT2D eigenvalue weighted by Crippen LogP contribution is 2.31. The van der Waals surface area contributed by atoms with Crippen molar-refractivity contribution in [2.75, 3.05) is 5.32 Å². The van der Waals surface area contributed by atoms with E-state index in [-0.39, 0.29) is 5.91 Å². The fourth-order valence-corrected chi connectivity index (χ4v) is 4.00. The zero-order valence-corrected chi connectivity index (χ0v) is 16.8. The highest BCUT2D eigenvalue weighted by atomic mass is 32.1. The third-order valence-corrected chi connectivity index (χ3v) is 5.74. The zero-order valence-electron chi connectivity index (χ0n) is 15.9. The van der Waals surface area contributed by atoms with Gasteiger partial charge in [0.15, 0.2) is 0 Å². The number of pyridine rings is 1. The molecular formula is C21H20N4O2S. The van der Waals surface area contributed by atoms with Gasteiger partial charge in [0.1, 0.15) is 21.1 Å². The van der Waals surface area contributed by atoms with Gasteiger partial charge in [0.25, 0.3) is 0 Å². The van der Waals surface area contributed by atoms with Crippen LogP contribution in [0.2, 0.25) is 0 Å². The van der Waals surface area contributed by atoms with Crippen molar-refractivity contribution in [3.05, 3.63) is 59.1 Å². The van der Waals surface area contributed by atoms with Gasteiger partial charge in [0, 0.05) is 29.4 Å². The van der Waals surface area contributed by atoms with Crippen molar-refractivity contribution >= 4 is 33.3 Å². The number of carbonyl (C=O) groups excluding carboxylic acids is 1. The molecule has 1 N–H and O–H groups in total. The van der Waals surface area contributed by atoms with E-state index in [1.165, 1.54) is 0 Å². The van der Waals surface area contributed by atoms with Gasteiger partial charge in [-0.05, 0) is 51.0 Å². The number of amides is 1. The van der Waals surface area contributed by atoms with Gasteiger partial charge in [-0.2, -0.15) is 0 Å². The number of rotatable bonds is 5. The fraction of sp³-hybridized carbons (Fsp3) is 0.238. The van der Waals surface area contributed by atoms with Crippen molar-refractivity contribution in [2.24, 2.45) is 0 Å². The first-order valence-electron chi connectivity index (χ1n) is 9.05. The Hall–Kier alpha value is -3.06. The summed E-state index contributed by atoms with van der Waals surface area (Å²) >= 11 is 1.54. The van der Waals surface area contributed by atoms with Crippen LogP contribution in [0.4, 0.5) is 5.69 Å². The van der Waals surface area contributed by atoms with E-state index in [2.05, 4.69) is 20.4 Å². The van der Waals surface area contributed by atoms with Gasteiger partial charge >= 0.3 is 0 Å². The van der Waals surface area contributed by atoms with E-state index in [9.17, 15) is 4.79 Å².